The third kappa shape index (κ3) is 4.26. The summed E-state index contributed by atoms with van der Waals surface area (Å²) >= 11 is 0. The number of nitrogens with one attached hydrogen (secondary N) is 1. The maximum Gasteiger partial charge on any atom is 0.0229 e. The van der Waals surface area contributed by atoms with Crippen LogP contribution in [0.25, 0.3) is 0 Å². The monoisotopic (exact) mass is 224 g/mol. The fourth-order valence-electron chi connectivity index (χ4n) is 2.63. The first kappa shape index (κ1) is 13.7. The van der Waals surface area contributed by atoms with Gasteiger partial charge in [0.15, 0.2) is 0 Å². The minimum atomic E-state index is 0.290. The summed E-state index contributed by atoms with van der Waals surface area (Å²) in [7, 11) is 0. The molecular weight excluding hydrogens is 196 g/mol. The van der Waals surface area contributed by atoms with E-state index in [1.807, 2.05) is 0 Å². The van der Waals surface area contributed by atoms with Crippen molar-refractivity contribution in [2.45, 2.75) is 40.2 Å². The third-order valence-corrected chi connectivity index (χ3v) is 3.70. The van der Waals surface area contributed by atoms with Gasteiger partial charge in [-0.1, -0.05) is 39.8 Å². The van der Waals surface area contributed by atoms with Crippen molar-refractivity contribution in [1.82, 2.24) is 5.32 Å². The van der Waals surface area contributed by atoms with E-state index in [2.05, 4.69) is 45.2 Å². The molecule has 0 aromatic rings. The van der Waals surface area contributed by atoms with E-state index in [1.165, 1.54) is 0 Å². The van der Waals surface area contributed by atoms with Crippen LogP contribution in [-0.2, 0) is 0 Å². The highest BCUT2D eigenvalue weighted by molar-refractivity contribution is 5.05. The molecule has 2 nitrogen and oxygen atoms in total. The lowest BCUT2D eigenvalue weighted by atomic mass is 9.85. The van der Waals surface area contributed by atoms with Gasteiger partial charge in [-0.2, -0.15) is 0 Å². The summed E-state index contributed by atoms with van der Waals surface area (Å²) in [4.78, 5) is 0. The fraction of sp³-hybridized carbons (Fsp3) is 0.857. The van der Waals surface area contributed by atoms with Crippen LogP contribution in [0.5, 0.6) is 0 Å². The Hall–Kier alpha value is -0.340. The maximum absolute atomic E-state index is 5.84. The third-order valence-electron chi connectivity index (χ3n) is 3.70. The van der Waals surface area contributed by atoms with E-state index in [9.17, 15) is 0 Å². The first-order valence-electron chi connectivity index (χ1n) is 6.65. The van der Waals surface area contributed by atoms with E-state index in [-0.39, 0.29) is 6.04 Å². The molecule has 2 unspecified atom stereocenters. The summed E-state index contributed by atoms with van der Waals surface area (Å²) in [6.45, 7) is 11.5. The largest absolute Gasteiger partial charge is 0.324 e. The zero-order chi connectivity index (χ0) is 12.1. The van der Waals surface area contributed by atoms with Gasteiger partial charge >= 0.3 is 0 Å². The lowest BCUT2D eigenvalue weighted by molar-refractivity contribution is 0.272. The van der Waals surface area contributed by atoms with Crippen molar-refractivity contribution in [3.8, 4) is 0 Å². The molecule has 94 valence electrons. The van der Waals surface area contributed by atoms with Crippen molar-refractivity contribution in [1.29, 1.82) is 0 Å². The molecule has 0 aromatic carbocycles. The average molecular weight is 224 g/mol. The zero-order valence-electron chi connectivity index (χ0n) is 11.2. The van der Waals surface area contributed by atoms with Crippen LogP contribution in [0, 0.1) is 23.7 Å². The summed E-state index contributed by atoms with van der Waals surface area (Å²) < 4.78 is 0. The molecule has 2 heteroatoms. The van der Waals surface area contributed by atoms with E-state index in [4.69, 9.17) is 5.73 Å². The summed E-state index contributed by atoms with van der Waals surface area (Å²) in [5.74, 6) is 2.94. The maximum atomic E-state index is 5.84. The Morgan fingerprint density at radius 1 is 1.19 bits per heavy atom. The van der Waals surface area contributed by atoms with Gasteiger partial charge in [-0.15, -0.1) is 0 Å². The van der Waals surface area contributed by atoms with Gasteiger partial charge in [-0.05, 0) is 36.6 Å². The summed E-state index contributed by atoms with van der Waals surface area (Å²) in [6, 6.07) is 0.290. The first-order chi connectivity index (χ1) is 7.50. The van der Waals surface area contributed by atoms with Crippen molar-refractivity contribution < 1.29 is 0 Å². The predicted octanol–water partition coefficient (Wildman–Crippen LogP) is 2.41. The number of rotatable bonds is 6. The molecule has 0 radical (unpaired) electrons. The minimum Gasteiger partial charge on any atom is -0.324 e. The summed E-state index contributed by atoms with van der Waals surface area (Å²) in [5.41, 5.74) is 5.84. The van der Waals surface area contributed by atoms with Crippen LogP contribution in [0.2, 0.25) is 0 Å². The van der Waals surface area contributed by atoms with Crippen LogP contribution < -0.4 is 11.1 Å². The van der Waals surface area contributed by atoms with E-state index >= 15 is 0 Å². The van der Waals surface area contributed by atoms with Crippen LogP contribution >= 0.6 is 0 Å². The molecule has 0 aromatic heterocycles. The lowest BCUT2D eigenvalue weighted by Gasteiger charge is -2.25. The van der Waals surface area contributed by atoms with Gasteiger partial charge < -0.3 is 11.1 Å². The molecule has 3 N–H and O–H groups in total. The Labute approximate surface area is 101 Å². The fourth-order valence-corrected chi connectivity index (χ4v) is 2.63. The lowest BCUT2D eigenvalue weighted by Crippen LogP contribution is -2.32. The molecule has 2 atom stereocenters. The van der Waals surface area contributed by atoms with E-state index in [0.717, 1.165) is 37.3 Å². The Morgan fingerprint density at radius 3 is 2.25 bits per heavy atom. The molecule has 0 heterocycles. The summed E-state index contributed by atoms with van der Waals surface area (Å²) in [6.07, 6.45) is 5.51. The van der Waals surface area contributed by atoms with Gasteiger partial charge in [-0.25, -0.2) is 0 Å². The number of hydrogen-bond donors (Lipinski definition) is 2. The minimum absolute atomic E-state index is 0.290. The molecule has 0 fully saturated rings. The van der Waals surface area contributed by atoms with Crippen molar-refractivity contribution in [2.24, 2.45) is 29.4 Å². The SMILES string of the molecule is CC(C)C(CNCC1C=CC(N)C1)C(C)C. The highest BCUT2D eigenvalue weighted by Gasteiger charge is 2.19. The van der Waals surface area contributed by atoms with Crippen LogP contribution in [0.1, 0.15) is 34.1 Å². The van der Waals surface area contributed by atoms with Crippen molar-refractivity contribution in [3.63, 3.8) is 0 Å². The topological polar surface area (TPSA) is 38.0 Å². The van der Waals surface area contributed by atoms with Gasteiger partial charge in [-0.3, -0.25) is 0 Å². The van der Waals surface area contributed by atoms with Crippen LogP contribution in [0.4, 0.5) is 0 Å². The predicted molar refractivity (Wildman–Crippen MR) is 71.3 cm³/mol. The Balaban J connectivity index is 2.21. The molecular formula is C14H28N2. The molecule has 0 saturated heterocycles. The molecule has 0 bridgehead atoms. The Kier molecular flexibility index (Phi) is 5.50. The molecule has 0 amide bonds. The van der Waals surface area contributed by atoms with Crippen molar-refractivity contribution >= 4 is 0 Å². The second kappa shape index (κ2) is 6.41. The van der Waals surface area contributed by atoms with Crippen molar-refractivity contribution in [2.75, 3.05) is 13.1 Å². The van der Waals surface area contributed by atoms with Crippen molar-refractivity contribution in [3.05, 3.63) is 12.2 Å². The number of hydrogen-bond acceptors (Lipinski definition) is 2. The quantitative estimate of drug-likeness (QED) is 0.680. The molecule has 0 spiro atoms. The normalized spacial score (nSPS) is 25.2. The standard InChI is InChI=1S/C14H28N2/c1-10(2)14(11(3)4)9-16-8-12-5-6-13(15)7-12/h5-6,10-14,16H,7-9,15H2,1-4H3. The smallest absolute Gasteiger partial charge is 0.0229 e. The Morgan fingerprint density at radius 2 is 1.81 bits per heavy atom. The van der Waals surface area contributed by atoms with Gasteiger partial charge in [0.25, 0.3) is 0 Å². The summed E-state index contributed by atoms with van der Waals surface area (Å²) in [5, 5.41) is 3.60. The van der Waals surface area contributed by atoms with Gasteiger partial charge in [0.1, 0.15) is 0 Å². The number of nitrogens with two attached hydrogens (primary N) is 1. The molecule has 1 aliphatic carbocycles. The van der Waals surface area contributed by atoms with E-state index < -0.39 is 0 Å². The molecule has 1 rings (SSSR count). The Bertz CT molecular complexity index is 213. The van der Waals surface area contributed by atoms with Crippen LogP contribution in [-0.4, -0.2) is 19.1 Å². The van der Waals surface area contributed by atoms with Crippen LogP contribution in [0.3, 0.4) is 0 Å². The van der Waals surface area contributed by atoms with Gasteiger partial charge in [0.05, 0.1) is 0 Å². The van der Waals surface area contributed by atoms with E-state index in [1.54, 1.807) is 0 Å². The highest BCUT2D eigenvalue weighted by atomic mass is 14.9. The van der Waals surface area contributed by atoms with Gasteiger partial charge in [0, 0.05) is 12.6 Å². The molecule has 0 aliphatic heterocycles. The first-order valence-corrected chi connectivity index (χ1v) is 6.65. The van der Waals surface area contributed by atoms with E-state index in [0.29, 0.717) is 5.92 Å². The molecule has 0 saturated carbocycles. The van der Waals surface area contributed by atoms with Gasteiger partial charge in [0.2, 0.25) is 0 Å². The molecule has 16 heavy (non-hydrogen) atoms. The second-order valence-corrected chi connectivity index (χ2v) is 5.85. The molecule has 1 aliphatic rings. The average Bonchev–Trinajstić information content (AvgIpc) is 2.57. The highest BCUT2D eigenvalue weighted by Crippen LogP contribution is 2.20. The second-order valence-electron chi connectivity index (χ2n) is 5.85. The zero-order valence-corrected chi connectivity index (χ0v) is 11.2. The van der Waals surface area contributed by atoms with Crippen LogP contribution in [0.15, 0.2) is 12.2 Å².